The van der Waals surface area contributed by atoms with Gasteiger partial charge in [0.15, 0.2) is 5.03 Å². The molecule has 0 bridgehead atoms. The highest BCUT2D eigenvalue weighted by molar-refractivity contribution is 7.89. The van der Waals surface area contributed by atoms with E-state index in [1.807, 2.05) is 0 Å². The molecule has 96 valence electrons. The largest absolute Gasteiger partial charge is 0.417 e. The molecule has 0 saturated heterocycles. The van der Waals surface area contributed by atoms with E-state index in [2.05, 4.69) is 4.98 Å². The minimum Gasteiger partial charge on any atom is -0.243 e. The smallest absolute Gasteiger partial charge is 0.243 e. The summed E-state index contributed by atoms with van der Waals surface area (Å²) in [6.07, 6.45) is -4.01. The number of nitrogens with zero attached hydrogens (tertiary/aromatic N) is 2. The van der Waals surface area contributed by atoms with E-state index in [-0.39, 0.29) is 6.54 Å². The Labute approximate surface area is 97.1 Å². The number of rotatable bonds is 3. The maximum atomic E-state index is 12.2. The fraction of sp³-hybridized carbons (Fsp3) is 0.444. The number of sulfonamides is 1. The maximum Gasteiger partial charge on any atom is 0.417 e. The van der Waals surface area contributed by atoms with Crippen LogP contribution in [0.15, 0.2) is 23.4 Å². The van der Waals surface area contributed by atoms with Crippen molar-refractivity contribution in [1.82, 2.24) is 9.29 Å². The number of aromatic nitrogens is 1. The molecular formula is C9H11F3N2O2S. The summed E-state index contributed by atoms with van der Waals surface area (Å²) in [5.74, 6) is 0. The standard InChI is InChI=1S/C9H11F3N2O2S/c1-3-14(2)17(15,16)8-5-4-7(6-13-8)9(10,11)12/h4-6H,3H2,1-2H3. The first-order chi connectivity index (χ1) is 7.69. The number of hydrogen-bond acceptors (Lipinski definition) is 3. The fourth-order valence-corrected chi connectivity index (χ4v) is 2.12. The van der Waals surface area contributed by atoms with Crippen LogP contribution >= 0.6 is 0 Å². The van der Waals surface area contributed by atoms with Crippen molar-refractivity contribution in [2.75, 3.05) is 13.6 Å². The van der Waals surface area contributed by atoms with Crippen LogP contribution in [0.5, 0.6) is 0 Å². The topological polar surface area (TPSA) is 50.3 Å². The van der Waals surface area contributed by atoms with Gasteiger partial charge in [-0.1, -0.05) is 6.92 Å². The van der Waals surface area contributed by atoms with Crippen LogP contribution < -0.4 is 0 Å². The maximum absolute atomic E-state index is 12.2. The van der Waals surface area contributed by atoms with Crippen LogP contribution in [0, 0.1) is 0 Å². The summed E-state index contributed by atoms with van der Waals surface area (Å²) < 4.78 is 61.1. The van der Waals surface area contributed by atoms with Gasteiger partial charge in [-0.2, -0.15) is 17.5 Å². The van der Waals surface area contributed by atoms with Gasteiger partial charge in [0, 0.05) is 19.8 Å². The number of halogens is 3. The van der Waals surface area contributed by atoms with Gasteiger partial charge in [-0.15, -0.1) is 0 Å². The number of pyridine rings is 1. The van der Waals surface area contributed by atoms with Crippen LogP contribution in [0.25, 0.3) is 0 Å². The molecule has 8 heteroatoms. The Morgan fingerprint density at radius 2 is 1.94 bits per heavy atom. The molecule has 4 nitrogen and oxygen atoms in total. The Bertz CT molecular complexity index is 482. The predicted octanol–water partition coefficient (Wildman–Crippen LogP) is 1.74. The molecule has 0 amide bonds. The second kappa shape index (κ2) is 4.61. The average molecular weight is 268 g/mol. The van der Waals surface area contributed by atoms with Crippen LogP contribution in [0.4, 0.5) is 13.2 Å². The zero-order chi connectivity index (χ0) is 13.3. The summed E-state index contributed by atoms with van der Waals surface area (Å²) in [6, 6.07) is 1.55. The molecule has 0 aliphatic carbocycles. The van der Waals surface area contributed by atoms with E-state index < -0.39 is 26.8 Å². The van der Waals surface area contributed by atoms with E-state index in [9.17, 15) is 21.6 Å². The van der Waals surface area contributed by atoms with Crippen molar-refractivity contribution in [1.29, 1.82) is 0 Å². The third-order valence-electron chi connectivity index (χ3n) is 2.18. The molecule has 0 spiro atoms. The van der Waals surface area contributed by atoms with Crippen LogP contribution in [-0.2, 0) is 16.2 Å². The van der Waals surface area contributed by atoms with Gasteiger partial charge in [0.1, 0.15) is 0 Å². The normalized spacial score (nSPS) is 13.1. The number of hydrogen-bond donors (Lipinski definition) is 0. The molecule has 1 aromatic rings. The summed E-state index contributed by atoms with van der Waals surface area (Å²) in [5, 5.41) is -0.394. The highest BCUT2D eigenvalue weighted by Gasteiger charge is 2.31. The molecule has 0 unspecified atom stereocenters. The highest BCUT2D eigenvalue weighted by Crippen LogP contribution is 2.28. The molecule has 1 aromatic heterocycles. The summed E-state index contributed by atoms with van der Waals surface area (Å²) in [7, 11) is -2.47. The quantitative estimate of drug-likeness (QED) is 0.839. The summed E-state index contributed by atoms with van der Waals surface area (Å²) in [6.45, 7) is 1.83. The van der Waals surface area contributed by atoms with Gasteiger partial charge < -0.3 is 0 Å². The van der Waals surface area contributed by atoms with Crippen molar-refractivity contribution in [2.24, 2.45) is 0 Å². The first-order valence-electron chi connectivity index (χ1n) is 4.69. The minimum atomic E-state index is -4.52. The van der Waals surface area contributed by atoms with Crippen molar-refractivity contribution in [3.63, 3.8) is 0 Å². The van der Waals surface area contributed by atoms with Crippen LogP contribution in [0.3, 0.4) is 0 Å². The second-order valence-corrected chi connectivity index (χ2v) is 5.29. The number of alkyl halides is 3. The lowest BCUT2D eigenvalue weighted by atomic mass is 10.3. The van der Waals surface area contributed by atoms with Crippen molar-refractivity contribution in [3.8, 4) is 0 Å². The van der Waals surface area contributed by atoms with Gasteiger partial charge in [0.2, 0.25) is 0 Å². The molecule has 0 aliphatic rings. The average Bonchev–Trinajstić information content (AvgIpc) is 2.27. The Kier molecular flexibility index (Phi) is 3.78. The monoisotopic (exact) mass is 268 g/mol. The van der Waals surface area contributed by atoms with Crippen LogP contribution in [0.1, 0.15) is 12.5 Å². The molecular weight excluding hydrogens is 257 g/mol. The molecule has 0 atom stereocenters. The van der Waals surface area contributed by atoms with Crippen molar-refractivity contribution in [2.45, 2.75) is 18.1 Å². The van der Waals surface area contributed by atoms with E-state index in [1.54, 1.807) is 6.92 Å². The summed E-state index contributed by atoms with van der Waals surface area (Å²) in [4.78, 5) is 3.34. The molecule has 17 heavy (non-hydrogen) atoms. The van der Waals surface area contributed by atoms with Crippen LogP contribution in [-0.4, -0.2) is 31.3 Å². The first kappa shape index (κ1) is 13.9. The highest BCUT2D eigenvalue weighted by atomic mass is 32.2. The van der Waals surface area contributed by atoms with E-state index in [1.165, 1.54) is 7.05 Å². The SMILES string of the molecule is CCN(C)S(=O)(=O)c1ccc(C(F)(F)F)cn1. The first-order valence-corrected chi connectivity index (χ1v) is 6.13. The molecule has 0 radical (unpaired) electrons. The molecule has 0 N–H and O–H groups in total. The molecule has 0 saturated carbocycles. The van der Waals surface area contributed by atoms with E-state index >= 15 is 0 Å². The van der Waals surface area contributed by atoms with Gasteiger partial charge in [-0.05, 0) is 12.1 Å². The third-order valence-corrected chi connectivity index (χ3v) is 4.03. The third kappa shape index (κ3) is 2.95. The van der Waals surface area contributed by atoms with Gasteiger partial charge >= 0.3 is 6.18 Å². The Morgan fingerprint density at radius 3 is 2.29 bits per heavy atom. The second-order valence-electron chi connectivity index (χ2n) is 3.30. The lowest BCUT2D eigenvalue weighted by Crippen LogP contribution is -2.27. The minimum absolute atomic E-state index is 0.213. The van der Waals surface area contributed by atoms with Crippen molar-refractivity contribution in [3.05, 3.63) is 23.9 Å². The fourth-order valence-electron chi connectivity index (χ4n) is 1.03. The van der Waals surface area contributed by atoms with Crippen molar-refractivity contribution >= 4 is 10.0 Å². The van der Waals surface area contributed by atoms with Gasteiger partial charge in [0.05, 0.1) is 5.56 Å². The van der Waals surface area contributed by atoms with E-state index in [0.29, 0.717) is 12.3 Å². The summed E-state index contributed by atoms with van der Waals surface area (Å²) in [5.41, 5.74) is -0.976. The van der Waals surface area contributed by atoms with E-state index in [4.69, 9.17) is 0 Å². The molecule has 1 heterocycles. The van der Waals surface area contributed by atoms with Gasteiger partial charge in [-0.3, -0.25) is 0 Å². The Morgan fingerprint density at radius 1 is 1.35 bits per heavy atom. The zero-order valence-corrected chi connectivity index (χ0v) is 10.0. The lowest BCUT2D eigenvalue weighted by molar-refractivity contribution is -0.137. The molecule has 1 rings (SSSR count). The molecule has 0 aliphatic heterocycles. The Balaban J connectivity index is 3.12. The zero-order valence-electron chi connectivity index (χ0n) is 9.19. The molecule has 0 aromatic carbocycles. The van der Waals surface area contributed by atoms with Crippen molar-refractivity contribution < 1.29 is 21.6 Å². The Hall–Kier alpha value is -1.15. The van der Waals surface area contributed by atoms with E-state index in [0.717, 1.165) is 10.4 Å². The molecule has 0 fully saturated rings. The lowest BCUT2D eigenvalue weighted by Gasteiger charge is -2.14. The predicted molar refractivity (Wildman–Crippen MR) is 54.7 cm³/mol. The summed E-state index contributed by atoms with van der Waals surface area (Å²) >= 11 is 0. The van der Waals surface area contributed by atoms with Gasteiger partial charge in [0.25, 0.3) is 10.0 Å². The van der Waals surface area contributed by atoms with Crippen LogP contribution in [0.2, 0.25) is 0 Å². The van der Waals surface area contributed by atoms with Gasteiger partial charge in [-0.25, -0.2) is 13.4 Å².